The number of rotatable bonds is 11. The molecule has 0 saturated carbocycles. The summed E-state index contributed by atoms with van der Waals surface area (Å²) in [6.07, 6.45) is 5.91. The van der Waals surface area contributed by atoms with E-state index in [0.717, 1.165) is 58.5 Å². The number of aromatic nitrogens is 2. The summed E-state index contributed by atoms with van der Waals surface area (Å²) in [5.74, 6) is -0.127. The van der Waals surface area contributed by atoms with Gasteiger partial charge in [0, 0.05) is 37.2 Å². The van der Waals surface area contributed by atoms with Crippen molar-refractivity contribution in [2.75, 3.05) is 32.7 Å². The van der Waals surface area contributed by atoms with Crippen molar-refractivity contribution in [2.24, 2.45) is 5.92 Å². The quantitative estimate of drug-likeness (QED) is 0.150. The molecule has 3 saturated heterocycles. The van der Waals surface area contributed by atoms with Crippen LogP contribution >= 0.6 is 0 Å². The molecular formula is C44H49N5O4. The van der Waals surface area contributed by atoms with Gasteiger partial charge in [-0.2, -0.15) is 0 Å². The first kappa shape index (κ1) is 35.5. The lowest BCUT2D eigenvalue weighted by atomic mass is 9.89. The van der Waals surface area contributed by atoms with Gasteiger partial charge < -0.3 is 24.8 Å². The van der Waals surface area contributed by atoms with Crippen molar-refractivity contribution in [2.45, 2.75) is 70.3 Å². The number of hydrogen-bond acceptors (Lipinski definition) is 8. The van der Waals surface area contributed by atoms with Crippen LogP contribution in [-0.2, 0) is 22.6 Å². The van der Waals surface area contributed by atoms with Crippen LogP contribution in [0.2, 0.25) is 0 Å². The Labute approximate surface area is 312 Å². The minimum absolute atomic E-state index is 0.0154. The molecule has 0 aliphatic carbocycles. The molecule has 4 heterocycles. The average molecular weight is 712 g/mol. The average Bonchev–Trinajstić information content (AvgIpc) is 3.90. The van der Waals surface area contributed by atoms with E-state index >= 15 is 0 Å². The predicted molar refractivity (Wildman–Crippen MR) is 206 cm³/mol. The molecule has 0 radical (unpaired) electrons. The van der Waals surface area contributed by atoms with Gasteiger partial charge in [0.15, 0.2) is 6.29 Å². The van der Waals surface area contributed by atoms with Crippen molar-refractivity contribution >= 4 is 16.9 Å². The van der Waals surface area contributed by atoms with Crippen LogP contribution in [0.25, 0.3) is 22.2 Å². The fraction of sp³-hybridized carbons (Fsp3) is 0.386. The number of benzene rings is 4. The molecule has 4 aromatic carbocycles. The molecule has 274 valence electrons. The normalized spacial score (nSPS) is 23.8. The van der Waals surface area contributed by atoms with Crippen LogP contribution in [0.1, 0.15) is 77.7 Å². The van der Waals surface area contributed by atoms with Gasteiger partial charge in [-0.25, -0.2) is 4.98 Å². The molecule has 8 rings (SSSR count). The lowest BCUT2D eigenvalue weighted by Gasteiger charge is -2.43. The first-order valence-electron chi connectivity index (χ1n) is 19.2. The van der Waals surface area contributed by atoms with Crippen LogP contribution in [0.15, 0.2) is 103 Å². The zero-order valence-electron chi connectivity index (χ0n) is 30.4. The van der Waals surface area contributed by atoms with E-state index in [1.54, 1.807) is 0 Å². The van der Waals surface area contributed by atoms with Gasteiger partial charge in [-0.3, -0.25) is 14.7 Å². The van der Waals surface area contributed by atoms with Gasteiger partial charge in [0.25, 0.3) is 5.91 Å². The lowest BCUT2D eigenvalue weighted by molar-refractivity contribution is -0.276. The van der Waals surface area contributed by atoms with E-state index in [-0.39, 0.29) is 30.6 Å². The van der Waals surface area contributed by atoms with E-state index in [4.69, 9.17) is 9.47 Å². The monoisotopic (exact) mass is 711 g/mol. The Morgan fingerprint density at radius 1 is 0.811 bits per heavy atom. The van der Waals surface area contributed by atoms with Crippen molar-refractivity contribution in [1.29, 1.82) is 0 Å². The topological polar surface area (TPSA) is 100 Å². The maximum Gasteiger partial charge on any atom is 0.271 e. The molecular weight excluding hydrogens is 663 g/mol. The number of nitrogens with one attached hydrogen (secondary N) is 1. The van der Waals surface area contributed by atoms with Gasteiger partial charge in [0.1, 0.15) is 5.69 Å². The van der Waals surface area contributed by atoms with Crippen LogP contribution in [0.5, 0.6) is 0 Å². The molecule has 5 aromatic rings. The van der Waals surface area contributed by atoms with Crippen molar-refractivity contribution in [3.05, 3.63) is 131 Å². The summed E-state index contributed by atoms with van der Waals surface area (Å²) in [6, 6.07) is 32.9. The number of ether oxygens (including phenoxy) is 2. The number of nitrogens with zero attached hydrogens (tertiary/aromatic N) is 4. The Hall–Kier alpha value is -4.51. The molecule has 1 aromatic heterocycles. The number of carbonyl (C=O) groups is 1. The third-order valence-corrected chi connectivity index (χ3v) is 11.3. The van der Waals surface area contributed by atoms with Gasteiger partial charge in [-0.1, -0.05) is 79.7 Å². The fourth-order valence-corrected chi connectivity index (χ4v) is 8.23. The summed E-state index contributed by atoms with van der Waals surface area (Å²) in [4.78, 5) is 27.2. The highest BCUT2D eigenvalue weighted by Gasteiger charge is 2.41. The summed E-state index contributed by atoms with van der Waals surface area (Å²) < 4.78 is 13.8. The highest BCUT2D eigenvalue weighted by atomic mass is 16.7. The summed E-state index contributed by atoms with van der Waals surface area (Å²) in [7, 11) is 0. The number of amides is 1. The summed E-state index contributed by atoms with van der Waals surface area (Å²) in [5, 5.41) is 12.7. The molecule has 3 fully saturated rings. The van der Waals surface area contributed by atoms with Gasteiger partial charge >= 0.3 is 0 Å². The highest BCUT2D eigenvalue weighted by molar-refractivity contribution is 5.93. The second-order valence-electron chi connectivity index (χ2n) is 14.9. The number of para-hydroxylation sites is 2. The van der Waals surface area contributed by atoms with Crippen LogP contribution in [0.3, 0.4) is 0 Å². The molecule has 2 N–H and O–H groups in total. The van der Waals surface area contributed by atoms with E-state index in [1.165, 1.54) is 45.0 Å². The molecule has 53 heavy (non-hydrogen) atoms. The van der Waals surface area contributed by atoms with E-state index in [9.17, 15) is 9.90 Å². The Morgan fingerprint density at radius 3 is 2.40 bits per heavy atom. The molecule has 0 bridgehead atoms. The molecule has 5 unspecified atom stereocenters. The zero-order chi connectivity index (χ0) is 36.1. The largest absolute Gasteiger partial charge is 0.392 e. The van der Waals surface area contributed by atoms with E-state index in [0.29, 0.717) is 23.8 Å². The maximum atomic E-state index is 13.0. The number of likely N-dealkylation sites (tertiary alicyclic amines) is 2. The SMILES string of the molecule is CC1C(CN2CCCC2CN2CCCC2)OC(c2cccc(-c3cccc(CNC(=O)c4cnc5ccccc5n4)c3)c2)OC1c1ccc(CO)cc1. The second kappa shape index (κ2) is 16.2. The molecule has 3 aliphatic rings. The van der Waals surface area contributed by atoms with E-state index < -0.39 is 6.29 Å². The van der Waals surface area contributed by atoms with Gasteiger partial charge in [-0.15, -0.1) is 0 Å². The second-order valence-corrected chi connectivity index (χ2v) is 14.9. The Morgan fingerprint density at radius 2 is 1.58 bits per heavy atom. The first-order valence-corrected chi connectivity index (χ1v) is 19.2. The number of carbonyl (C=O) groups excluding carboxylic acids is 1. The highest BCUT2D eigenvalue weighted by Crippen LogP contribution is 2.43. The number of aliphatic hydroxyl groups excluding tert-OH is 1. The van der Waals surface area contributed by atoms with Crippen molar-refractivity contribution < 1.29 is 19.4 Å². The van der Waals surface area contributed by atoms with Gasteiger partial charge in [0.05, 0.1) is 36.0 Å². The van der Waals surface area contributed by atoms with E-state index in [2.05, 4.69) is 80.5 Å². The zero-order valence-corrected chi connectivity index (χ0v) is 30.4. The molecule has 0 spiro atoms. The molecule has 1 amide bonds. The first-order chi connectivity index (χ1) is 26.0. The Balaban J connectivity index is 0.999. The summed E-state index contributed by atoms with van der Waals surface area (Å²) in [5.41, 5.74) is 7.78. The minimum atomic E-state index is -0.538. The van der Waals surface area contributed by atoms with Crippen molar-refractivity contribution in [1.82, 2.24) is 25.1 Å². The summed E-state index contributed by atoms with van der Waals surface area (Å²) >= 11 is 0. The lowest BCUT2D eigenvalue weighted by Crippen LogP contribution is -2.48. The minimum Gasteiger partial charge on any atom is -0.392 e. The van der Waals surface area contributed by atoms with Crippen LogP contribution in [-0.4, -0.2) is 75.7 Å². The molecule has 3 aliphatic heterocycles. The third kappa shape index (κ3) is 8.20. The van der Waals surface area contributed by atoms with Crippen molar-refractivity contribution in [3.8, 4) is 11.1 Å². The van der Waals surface area contributed by atoms with Crippen LogP contribution in [0, 0.1) is 5.92 Å². The smallest absolute Gasteiger partial charge is 0.271 e. The standard InChI is InChI=1S/C44H49N5O4/c1-30-41(28-49-22-8-13-37(49)27-48-20-4-5-21-48)52-44(53-42(30)33-18-16-31(29-50)17-19-33)36-12-7-11-35(24-36)34-10-6-9-32(23-34)25-46-43(51)40-26-45-38-14-2-3-15-39(38)47-40/h2-3,6-7,9-12,14-19,23-24,26,30,37,41-42,44,50H,4-5,8,13,20-22,25,27-29H2,1H3,(H,46,51). The fourth-order valence-electron chi connectivity index (χ4n) is 8.23. The number of aliphatic hydroxyl groups is 1. The van der Waals surface area contributed by atoms with Gasteiger partial charge in [-0.05, 0) is 97.4 Å². The third-order valence-electron chi connectivity index (χ3n) is 11.3. The van der Waals surface area contributed by atoms with Crippen molar-refractivity contribution in [3.63, 3.8) is 0 Å². The van der Waals surface area contributed by atoms with Gasteiger partial charge in [0.2, 0.25) is 0 Å². The van der Waals surface area contributed by atoms with Crippen LogP contribution < -0.4 is 5.32 Å². The summed E-state index contributed by atoms with van der Waals surface area (Å²) in [6.45, 7) is 8.20. The molecule has 9 heteroatoms. The Bertz CT molecular complexity index is 2020. The molecule has 9 nitrogen and oxygen atoms in total. The predicted octanol–water partition coefficient (Wildman–Crippen LogP) is 7.07. The molecule has 5 atom stereocenters. The Kier molecular flexibility index (Phi) is 10.9. The number of fused-ring (bicyclic) bond motifs is 1. The van der Waals surface area contributed by atoms with E-state index in [1.807, 2.05) is 48.5 Å². The maximum absolute atomic E-state index is 13.0. The number of hydrogen-bond donors (Lipinski definition) is 2. The van der Waals surface area contributed by atoms with Crippen LogP contribution in [0.4, 0.5) is 0 Å².